The first-order valence-electron chi connectivity index (χ1n) is 9.35. The van der Waals surface area contributed by atoms with E-state index in [0.29, 0.717) is 10.0 Å². The van der Waals surface area contributed by atoms with Crippen LogP contribution in [0.25, 0.3) is 10.8 Å². The Labute approximate surface area is 179 Å². The van der Waals surface area contributed by atoms with Crippen molar-refractivity contribution in [1.82, 2.24) is 20.9 Å². The molecule has 160 valence electrons. The van der Waals surface area contributed by atoms with Gasteiger partial charge in [0.15, 0.2) is 0 Å². The summed E-state index contributed by atoms with van der Waals surface area (Å²) in [6.45, 7) is -1.04. The third-order valence-corrected chi connectivity index (χ3v) is 5.11. The SMILES string of the molecule is N#Cc1cc2c3c(c(C#N)cc4c3c1C(=O)N(NCCO)C4=O)C(=O)N(NCCO)C2=O. The molecule has 2 aromatic rings. The van der Waals surface area contributed by atoms with Crippen LogP contribution < -0.4 is 10.9 Å². The lowest BCUT2D eigenvalue weighted by Crippen LogP contribution is -2.52. The van der Waals surface area contributed by atoms with Gasteiger partial charge in [-0.05, 0) is 12.1 Å². The van der Waals surface area contributed by atoms with Gasteiger partial charge in [0.1, 0.15) is 12.1 Å². The Morgan fingerprint density at radius 1 is 0.719 bits per heavy atom. The van der Waals surface area contributed by atoms with Crippen LogP contribution in [0.3, 0.4) is 0 Å². The van der Waals surface area contributed by atoms with Gasteiger partial charge in [-0.1, -0.05) is 0 Å². The lowest BCUT2D eigenvalue weighted by Gasteiger charge is -2.32. The standard InChI is InChI=1S/C20H14N6O6/c21-7-9-6-12-16-14(20(32)26(18(12)30)24-2-4-28)10(8-22)5-11-15(16)13(9)19(31)25(17(11)29)23-1-3-27/h5-6,23-24,27-28H,1-4H2. The number of imide groups is 2. The summed E-state index contributed by atoms with van der Waals surface area (Å²) in [5.41, 5.74) is 3.83. The highest BCUT2D eigenvalue weighted by Gasteiger charge is 2.43. The number of aliphatic hydroxyl groups excluding tert-OH is 2. The molecule has 0 spiro atoms. The Bertz CT molecular complexity index is 1220. The van der Waals surface area contributed by atoms with Crippen LogP contribution in [0.15, 0.2) is 12.1 Å². The summed E-state index contributed by atoms with van der Waals surface area (Å²) in [6, 6.07) is 5.95. The first-order valence-corrected chi connectivity index (χ1v) is 9.35. The van der Waals surface area contributed by atoms with Crippen molar-refractivity contribution in [3.63, 3.8) is 0 Å². The van der Waals surface area contributed by atoms with Gasteiger partial charge in [-0.25, -0.2) is 20.9 Å². The van der Waals surface area contributed by atoms with Crippen molar-refractivity contribution >= 4 is 34.4 Å². The van der Waals surface area contributed by atoms with Crippen molar-refractivity contribution in [3.05, 3.63) is 45.5 Å². The minimum Gasteiger partial charge on any atom is -0.395 e. The minimum atomic E-state index is -0.893. The zero-order valence-electron chi connectivity index (χ0n) is 16.3. The molecule has 4 rings (SSSR count). The van der Waals surface area contributed by atoms with Crippen molar-refractivity contribution in [2.24, 2.45) is 0 Å². The number of nitrogens with one attached hydrogen (secondary N) is 2. The topological polar surface area (TPSA) is 187 Å². The molecule has 12 heteroatoms. The normalized spacial score (nSPS) is 14.8. The van der Waals surface area contributed by atoms with Crippen molar-refractivity contribution in [1.29, 1.82) is 10.5 Å². The van der Waals surface area contributed by atoms with E-state index in [1.54, 1.807) is 0 Å². The van der Waals surface area contributed by atoms with Gasteiger partial charge >= 0.3 is 0 Å². The summed E-state index contributed by atoms with van der Waals surface area (Å²) < 4.78 is 0. The molecule has 4 amide bonds. The molecular weight excluding hydrogens is 420 g/mol. The molecule has 2 aliphatic rings. The average Bonchev–Trinajstić information content (AvgIpc) is 2.80. The second-order valence-electron chi connectivity index (χ2n) is 6.82. The van der Waals surface area contributed by atoms with E-state index in [2.05, 4.69) is 10.9 Å². The maximum atomic E-state index is 13.1. The van der Waals surface area contributed by atoms with E-state index in [4.69, 9.17) is 10.2 Å². The van der Waals surface area contributed by atoms with Crippen LogP contribution in [0.2, 0.25) is 0 Å². The largest absolute Gasteiger partial charge is 0.395 e. The molecule has 0 fully saturated rings. The molecular formula is C20H14N6O6. The molecule has 0 aliphatic carbocycles. The second kappa shape index (κ2) is 7.81. The number of nitriles is 2. The summed E-state index contributed by atoms with van der Waals surface area (Å²) in [5, 5.41) is 38.6. The predicted octanol–water partition coefficient (Wildman–Crippen LogP) is -1.23. The maximum Gasteiger partial charge on any atom is 0.277 e. The first-order chi connectivity index (χ1) is 15.4. The highest BCUT2D eigenvalue weighted by molar-refractivity contribution is 6.34. The summed E-state index contributed by atoms with van der Waals surface area (Å²) >= 11 is 0. The van der Waals surface area contributed by atoms with E-state index in [1.807, 2.05) is 12.1 Å². The fourth-order valence-electron chi connectivity index (χ4n) is 3.85. The van der Waals surface area contributed by atoms with E-state index in [-0.39, 0.29) is 70.5 Å². The number of hydrazine groups is 2. The molecule has 0 radical (unpaired) electrons. The van der Waals surface area contributed by atoms with Crippen LogP contribution in [-0.4, -0.2) is 70.2 Å². The molecule has 2 aliphatic heterocycles. The Kier molecular flexibility index (Phi) is 5.14. The Balaban J connectivity index is 2.11. The number of hydrogen-bond acceptors (Lipinski definition) is 10. The smallest absolute Gasteiger partial charge is 0.277 e. The van der Waals surface area contributed by atoms with Gasteiger partial charge in [0.05, 0.1) is 46.6 Å². The molecule has 0 saturated carbocycles. The second-order valence-corrected chi connectivity index (χ2v) is 6.82. The summed E-state index contributed by atoms with van der Waals surface area (Å²) in [5.74, 6) is -3.51. The predicted molar refractivity (Wildman–Crippen MR) is 105 cm³/mol. The Hall–Kier alpha value is -4.20. The van der Waals surface area contributed by atoms with Gasteiger partial charge in [-0.3, -0.25) is 19.2 Å². The van der Waals surface area contributed by atoms with Crippen molar-refractivity contribution < 1.29 is 29.4 Å². The van der Waals surface area contributed by atoms with Gasteiger partial charge in [0.25, 0.3) is 23.6 Å². The van der Waals surface area contributed by atoms with E-state index in [0.717, 1.165) is 12.1 Å². The number of rotatable bonds is 6. The molecule has 4 N–H and O–H groups in total. The van der Waals surface area contributed by atoms with Crippen molar-refractivity contribution in [2.45, 2.75) is 0 Å². The van der Waals surface area contributed by atoms with Crippen LogP contribution in [-0.2, 0) is 0 Å². The number of benzene rings is 2. The lowest BCUT2D eigenvalue weighted by atomic mass is 9.82. The van der Waals surface area contributed by atoms with Crippen LogP contribution in [0.4, 0.5) is 0 Å². The molecule has 2 heterocycles. The number of hydrogen-bond donors (Lipinski definition) is 4. The zero-order chi connectivity index (χ0) is 23.2. The summed E-state index contributed by atoms with van der Waals surface area (Å²) in [6.07, 6.45) is 0. The van der Waals surface area contributed by atoms with Gasteiger partial charge in [0.2, 0.25) is 0 Å². The van der Waals surface area contributed by atoms with Crippen LogP contribution in [0.5, 0.6) is 0 Å². The van der Waals surface area contributed by atoms with E-state index in [1.165, 1.54) is 0 Å². The number of carbonyl (C=O) groups excluding carboxylic acids is 4. The van der Waals surface area contributed by atoms with Crippen LogP contribution in [0, 0.1) is 22.7 Å². The van der Waals surface area contributed by atoms with E-state index < -0.39 is 23.6 Å². The number of nitrogens with zero attached hydrogens (tertiary/aromatic N) is 4. The average molecular weight is 434 g/mol. The van der Waals surface area contributed by atoms with Crippen molar-refractivity contribution in [2.75, 3.05) is 26.3 Å². The van der Waals surface area contributed by atoms with Gasteiger partial charge in [-0.2, -0.15) is 10.5 Å². The lowest BCUT2D eigenvalue weighted by molar-refractivity contribution is 0.0487. The molecule has 0 atom stereocenters. The van der Waals surface area contributed by atoms with Crippen LogP contribution >= 0.6 is 0 Å². The molecule has 0 unspecified atom stereocenters. The minimum absolute atomic E-state index is 0.0615. The first kappa shape index (κ1) is 21.0. The molecule has 12 nitrogen and oxygen atoms in total. The number of amides is 4. The quantitative estimate of drug-likeness (QED) is 0.401. The summed E-state index contributed by atoms with van der Waals surface area (Å²) in [7, 11) is 0. The van der Waals surface area contributed by atoms with Gasteiger partial charge in [0, 0.05) is 23.9 Å². The third-order valence-electron chi connectivity index (χ3n) is 5.11. The Morgan fingerprint density at radius 3 is 1.41 bits per heavy atom. The highest BCUT2D eigenvalue weighted by Crippen LogP contribution is 2.40. The fraction of sp³-hybridized carbons (Fsp3) is 0.200. The zero-order valence-corrected chi connectivity index (χ0v) is 16.3. The molecule has 0 bridgehead atoms. The molecule has 32 heavy (non-hydrogen) atoms. The molecule has 0 saturated heterocycles. The highest BCUT2D eigenvalue weighted by atomic mass is 16.3. The number of aliphatic hydroxyl groups is 2. The fourth-order valence-corrected chi connectivity index (χ4v) is 3.85. The third kappa shape index (κ3) is 2.76. The van der Waals surface area contributed by atoms with Crippen molar-refractivity contribution in [3.8, 4) is 12.1 Å². The van der Waals surface area contributed by atoms with Gasteiger partial charge in [-0.15, -0.1) is 0 Å². The maximum absolute atomic E-state index is 13.1. The number of carbonyl (C=O) groups is 4. The van der Waals surface area contributed by atoms with Gasteiger partial charge < -0.3 is 10.2 Å². The monoisotopic (exact) mass is 434 g/mol. The Morgan fingerprint density at radius 2 is 1.09 bits per heavy atom. The van der Waals surface area contributed by atoms with E-state index >= 15 is 0 Å². The molecule has 2 aromatic carbocycles. The summed E-state index contributed by atoms with van der Waals surface area (Å²) in [4.78, 5) is 52.2. The molecule has 0 aromatic heterocycles. The van der Waals surface area contributed by atoms with Crippen LogP contribution in [0.1, 0.15) is 52.6 Å². The van der Waals surface area contributed by atoms with E-state index in [9.17, 15) is 29.7 Å².